The van der Waals surface area contributed by atoms with Crippen molar-refractivity contribution < 1.29 is 4.79 Å². The first-order chi connectivity index (χ1) is 13.0. The van der Waals surface area contributed by atoms with Gasteiger partial charge >= 0.3 is 0 Å². The van der Waals surface area contributed by atoms with Gasteiger partial charge in [-0.1, -0.05) is 30.7 Å². The van der Waals surface area contributed by atoms with Crippen molar-refractivity contribution in [2.75, 3.05) is 0 Å². The molecule has 138 valence electrons. The Bertz CT molecular complexity index is 1190. The van der Waals surface area contributed by atoms with E-state index in [1.165, 1.54) is 9.56 Å². The monoisotopic (exact) mass is 400 g/mol. The van der Waals surface area contributed by atoms with E-state index >= 15 is 0 Å². The molecule has 3 heterocycles. The molecule has 6 nitrogen and oxygen atoms in total. The lowest BCUT2D eigenvalue weighted by Crippen LogP contribution is -2.33. The molecule has 0 saturated heterocycles. The summed E-state index contributed by atoms with van der Waals surface area (Å²) in [6, 6.07) is 11.2. The summed E-state index contributed by atoms with van der Waals surface area (Å²) in [7, 11) is 0. The molecule has 0 radical (unpaired) electrons. The van der Waals surface area contributed by atoms with Crippen molar-refractivity contribution in [1.82, 2.24) is 19.5 Å². The number of aryl methyl sites for hydroxylation is 1. The van der Waals surface area contributed by atoms with Crippen LogP contribution in [0, 0.1) is 0 Å². The highest BCUT2D eigenvalue weighted by atomic mass is 35.5. The standard InChI is InChI=1S/C19H17ClN4O2S/c1-2-14-7-15-17(27-14)8-16-19(26)24(22-11-23(15)16)10-18(25)21-9-12-3-5-13(20)6-4-12/h3-8,11H,2,9-10H2,1H3,(H,21,25). The van der Waals surface area contributed by atoms with Crippen LogP contribution >= 0.6 is 22.9 Å². The van der Waals surface area contributed by atoms with Crippen LogP contribution in [0.5, 0.6) is 0 Å². The third kappa shape index (κ3) is 3.48. The average Bonchev–Trinajstić information content (AvgIpc) is 3.22. The fraction of sp³-hybridized carbons (Fsp3) is 0.211. The zero-order valence-electron chi connectivity index (χ0n) is 14.6. The minimum absolute atomic E-state index is 0.123. The molecule has 27 heavy (non-hydrogen) atoms. The largest absolute Gasteiger partial charge is 0.350 e. The highest BCUT2D eigenvalue weighted by molar-refractivity contribution is 7.19. The molecule has 0 fully saturated rings. The van der Waals surface area contributed by atoms with Crippen LogP contribution in [0.1, 0.15) is 17.4 Å². The number of hydrogen-bond acceptors (Lipinski definition) is 4. The molecule has 3 aromatic heterocycles. The van der Waals surface area contributed by atoms with Crippen LogP contribution in [0.15, 0.2) is 47.5 Å². The molecule has 1 N–H and O–H groups in total. The molecule has 1 aromatic carbocycles. The Morgan fingerprint density at radius 3 is 2.74 bits per heavy atom. The quantitative estimate of drug-likeness (QED) is 0.559. The number of thiophene rings is 1. The van der Waals surface area contributed by atoms with Gasteiger partial charge in [-0.2, -0.15) is 5.10 Å². The normalized spacial score (nSPS) is 11.3. The van der Waals surface area contributed by atoms with E-state index < -0.39 is 0 Å². The van der Waals surface area contributed by atoms with Crippen LogP contribution in [0.25, 0.3) is 15.7 Å². The summed E-state index contributed by atoms with van der Waals surface area (Å²) in [5, 5.41) is 7.60. The second kappa shape index (κ2) is 7.17. The van der Waals surface area contributed by atoms with Gasteiger partial charge in [0.1, 0.15) is 18.4 Å². The number of nitrogens with zero attached hydrogens (tertiary/aromatic N) is 3. The van der Waals surface area contributed by atoms with Gasteiger partial charge in [0.2, 0.25) is 5.91 Å². The van der Waals surface area contributed by atoms with E-state index in [9.17, 15) is 9.59 Å². The van der Waals surface area contributed by atoms with E-state index in [0.717, 1.165) is 22.2 Å². The fourth-order valence-electron chi connectivity index (χ4n) is 2.93. The molecule has 1 amide bonds. The Labute approximate surface area is 164 Å². The Kier molecular flexibility index (Phi) is 4.72. The van der Waals surface area contributed by atoms with Crippen molar-refractivity contribution in [3.8, 4) is 0 Å². The van der Waals surface area contributed by atoms with Crippen LogP contribution < -0.4 is 10.9 Å². The first-order valence-corrected chi connectivity index (χ1v) is 9.75. The maximum absolute atomic E-state index is 12.7. The van der Waals surface area contributed by atoms with Crippen molar-refractivity contribution in [1.29, 1.82) is 0 Å². The van der Waals surface area contributed by atoms with Gasteiger partial charge in [-0.3, -0.25) is 14.0 Å². The summed E-state index contributed by atoms with van der Waals surface area (Å²) in [6.45, 7) is 2.35. The Hall–Kier alpha value is -2.64. The molecule has 0 aliphatic carbocycles. The average molecular weight is 401 g/mol. The zero-order chi connectivity index (χ0) is 19.0. The molecule has 0 unspecified atom stereocenters. The lowest BCUT2D eigenvalue weighted by molar-refractivity contribution is -0.122. The number of fused-ring (bicyclic) bond motifs is 3. The summed E-state index contributed by atoms with van der Waals surface area (Å²) in [5.74, 6) is -0.273. The third-order valence-electron chi connectivity index (χ3n) is 4.38. The number of aromatic nitrogens is 3. The van der Waals surface area contributed by atoms with Gasteiger partial charge in [0.25, 0.3) is 5.56 Å². The molecular formula is C19H17ClN4O2S. The van der Waals surface area contributed by atoms with E-state index in [0.29, 0.717) is 17.1 Å². The first-order valence-electron chi connectivity index (χ1n) is 8.56. The van der Waals surface area contributed by atoms with Gasteiger partial charge in [-0.05, 0) is 36.2 Å². The minimum atomic E-state index is -0.277. The van der Waals surface area contributed by atoms with Crippen LogP contribution in [0.3, 0.4) is 0 Å². The van der Waals surface area contributed by atoms with E-state index in [1.54, 1.807) is 34.2 Å². The molecule has 0 aliphatic heterocycles. The highest BCUT2D eigenvalue weighted by Gasteiger charge is 2.13. The molecular weight excluding hydrogens is 384 g/mol. The highest BCUT2D eigenvalue weighted by Crippen LogP contribution is 2.28. The lowest BCUT2D eigenvalue weighted by atomic mass is 10.2. The minimum Gasteiger partial charge on any atom is -0.350 e. The van der Waals surface area contributed by atoms with Crippen LogP contribution in [-0.4, -0.2) is 20.1 Å². The number of nitrogens with one attached hydrogen (secondary N) is 1. The third-order valence-corrected chi connectivity index (χ3v) is 5.85. The topological polar surface area (TPSA) is 68.4 Å². The van der Waals surface area contributed by atoms with Crippen molar-refractivity contribution >= 4 is 44.6 Å². The summed E-state index contributed by atoms with van der Waals surface area (Å²) in [6.07, 6.45) is 2.55. The Morgan fingerprint density at radius 1 is 1.22 bits per heavy atom. The zero-order valence-corrected chi connectivity index (χ0v) is 16.2. The molecule has 0 atom stereocenters. The van der Waals surface area contributed by atoms with Crippen molar-refractivity contribution in [2.45, 2.75) is 26.4 Å². The molecule has 0 saturated carbocycles. The molecule has 4 rings (SSSR count). The van der Waals surface area contributed by atoms with Gasteiger partial charge in [-0.15, -0.1) is 11.3 Å². The van der Waals surface area contributed by atoms with Crippen molar-refractivity contribution in [3.05, 3.63) is 68.5 Å². The second-order valence-corrected chi connectivity index (χ2v) is 7.82. The Balaban J connectivity index is 1.53. The number of carbonyl (C=O) groups excluding carboxylic acids is 1. The lowest BCUT2D eigenvalue weighted by Gasteiger charge is -2.07. The number of hydrogen-bond donors (Lipinski definition) is 1. The Morgan fingerprint density at radius 2 is 2.00 bits per heavy atom. The number of carbonyl (C=O) groups is 1. The van der Waals surface area contributed by atoms with Crippen LogP contribution in [-0.2, 0) is 24.3 Å². The summed E-state index contributed by atoms with van der Waals surface area (Å²) >= 11 is 7.52. The fourth-order valence-corrected chi connectivity index (χ4v) is 4.09. The summed E-state index contributed by atoms with van der Waals surface area (Å²) < 4.78 is 4.03. The van der Waals surface area contributed by atoms with Crippen molar-refractivity contribution in [2.24, 2.45) is 0 Å². The van der Waals surface area contributed by atoms with Gasteiger partial charge in [0.15, 0.2) is 0 Å². The maximum Gasteiger partial charge on any atom is 0.291 e. The van der Waals surface area contributed by atoms with E-state index in [-0.39, 0.29) is 18.0 Å². The van der Waals surface area contributed by atoms with Gasteiger partial charge in [0.05, 0.1) is 10.2 Å². The van der Waals surface area contributed by atoms with E-state index in [1.807, 2.05) is 18.2 Å². The van der Waals surface area contributed by atoms with Gasteiger partial charge < -0.3 is 5.32 Å². The van der Waals surface area contributed by atoms with Crippen LogP contribution in [0.2, 0.25) is 5.02 Å². The smallest absolute Gasteiger partial charge is 0.291 e. The van der Waals surface area contributed by atoms with Gasteiger partial charge in [0, 0.05) is 16.4 Å². The first kappa shape index (κ1) is 17.8. The predicted octanol–water partition coefficient (Wildman–Crippen LogP) is 3.24. The SMILES string of the molecule is CCc1cc2c(cc3c(=O)n(CC(=O)NCc4ccc(Cl)cc4)ncn32)s1. The molecule has 8 heteroatoms. The second-order valence-electron chi connectivity index (χ2n) is 6.21. The number of benzene rings is 1. The number of amides is 1. The van der Waals surface area contributed by atoms with Crippen molar-refractivity contribution in [3.63, 3.8) is 0 Å². The molecule has 4 aromatic rings. The van der Waals surface area contributed by atoms with E-state index in [2.05, 4.69) is 23.4 Å². The van der Waals surface area contributed by atoms with E-state index in [4.69, 9.17) is 11.6 Å². The molecule has 0 bridgehead atoms. The molecule has 0 spiro atoms. The van der Waals surface area contributed by atoms with Crippen LogP contribution in [0.4, 0.5) is 0 Å². The molecule has 0 aliphatic rings. The summed E-state index contributed by atoms with van der Waals surface area (Å²) in [4.78, 5) is 26.2. The predicted molar refractivity (Wildman–Crippen MR) is 108 cm³/mol. The number of halogens is 1. The van der Waals surface area contributed by atoms with Gasteiger partial charge in [-0.25, -0.2) is 4.68 Å². The number of rotatable bonds is 5. The summed E-state index contributed by atoms with van der Waals surface area (Å²) in [5.41, 5.74) is 2.16. The maximum atomic E-state index is 12.7.